The first-order valence-corrected chi connectivity index (χ1v) is 10.3. The summed E-state index contributed by atoms with van der Waals surface area (Å²) < 4.78 is 18.6. The van der Waals surface area contributed by atoms with Crippen LogP contribution >= 0.6 is 0 Å². The van der Waals surface area contributed by atoms with E-state index in [1.165, 1.54) is 0 Å². The summed E-state index contributed by atoms with van der Waals surface area (Å²) in [6.07, 6.45) is 3.19. The van der Waals surface area contributed by atoms with Gasteiger partial charge in [-0.3, -0.25) is 4.79 Å². The van der Waals surface area contributed by atoms with Crippen molar-refractivity contribution < 1.29 is 24.1 Å². The van der Waals surface area contributed by atoms with E-state index in [0.717, 1.165) is 25.7 Å². The minimum Gasteiger partial charge on any atom is -0.459 e. The lowest BCUT2D eigenvalue weighted by atomic mass is 9.81. The highest BCUT2D eigenvalue weighted by Crippen LogP contribution is 2.44. The van der Waals surface area contributed by atoms with Gasteiger partial charge < -0.3 is 19.3 Å². The molecular formula is C21H38O5. The van der Waals surface area contributed by atoms with Gasteiger partial charge in [-0.25, -0.2) is 0 Å². The summed E-state index contributed by atoms with van der Waals surface area (Å²) in [6.45, 7) is 12.6. The average molecular weight is 371 g/mol. The number of carbonyl (C=O) groups excluding carboxylic acids is 1. The average Bonchev–Trinajstić information content (AvgIpc) is 2.49. The van der Waals surface area contributed by atoms with Crippen molar-refractivity contribution in [1.29, 1.82) is 0 Å². The van der Waals surface area contributed by atoms with Crippen molar-refractivity contribution in [2.45, 2.75) is 97.7 Å². The van der Waals surface area contributed by atoms with Crippen molar-refractivity contribution in [2.24, 2.45) is 23.7 Å². The van der Waals surface area contributed by atoms with Gasteiger partial charge in [0, 0.05) is 19.3 Å². The van der Waals surface area contributed by atoms with Gasteiger partial charge in [-0.2, -0.15) is 0 Å². The minimum absolute atomic E-state index is 0.0193. The van der Waals surface area contributed by atoms with E-state index in [1.807, 2.05) is 13.8 Å². The van der Waals surface area contributed by atoms with Gasteiger partial charge in [-0.1, -0.05) is 41.5 Å². The molecule has 0 aromatic carbocycles. The van der Waals surface area contributed by atoms with E-state index in [1.54, 1.807) is 0 Å². The van der Waals surface area contributed by atoms with Crippen LogP contribution in [-0.2, 0) is 19.0 Å². The maximum absolute atomic E-state index is 12.3. The van der Waals surface area contributed by atoms with Crippen molar-refractivity contribution in [3.05, 3.63) is 0 Å². The molecule has 2 aliphatic heterocycles. The Morgan fingerprint density at radius 3 is 2.27 bits per heavy atom. The fourth-order valence-electron chi connectivity index (χ4n) is 4.54. The summed E-state index contributed by atoms with van der Waals surface area (Å²) in [5.74, 6) is 0.496. The predicted molar refractivity (Wildman–Crippen MR) is 101 cm³/mol. The van der Waals surface area contributed by atoms with Crippen LogP contribution in [0.2, 0.25) is 0 Å². The maximum Gasteiger partial charge on any atom is 0.306 e. The molecule has 2 aliphatic rings. The van der Waals surface area contributed by atoms with Gasteiger partial charge in [0.2, 0.25) is 0 Å². The molecule has 0 bridgehead atoms. The fourth-order valence-corrected chi connectivity index (χ4v) is 4.54. The second kappa shape index (κ2) is 9.03. The largest absolute Gasteiger partial charge is 0.459 e. The first-order valence-electron chi connectivity index (χ1n) is 10.3. The Bertz CT molecular complexity index is 459. The Hall–Kier alpha value is -0.650. The first kappa shape index (κ1) is 21.6. The molecule has 0 amide bonds. The molecule has 0 saturated carbocycles. The first-order chi connectivity index (χ1) is 12.1. The van der Waals surface area contributed by atoms with E-state index in [2.05, 4.69) is 27.7 Å². The van der Waals surface area contributed by atoms with E-state index in [9.17, 15) is 9.90 Å². The molecule has 6 atom stereocenters. The van der Waals surface area contributed by atoms with Gasteiger partial charge in [0.05, 0.1) is 18.8 Å². The second-order valence-corrected chi connectivity index (χ2v) is 9.38. The number of hydrogen-bond donors (Lipinski definition) is 1. The van der Waals surface area contributed by atoms with Gasteiger partial charge in [-0.05, 0) is 36.5 Å². The van der Waals surface area contributed by atoms with Crippen LogP contribution in [0, 0.1) is 23.7 Å². The molecule has 2 rings (SSSR count). The summed E-state index contributed by atoms with van der Waals surface area (Å²) in [5, 5.41) is 9.60. The van der Waals surface area contributed by atoms with Crippen LogP contribution in [0.5, 0.6) is 0 Å². The summed E-state index contributed by atoms with van der Waals surface area (Å²) in [7, 11) is 0. The fraction of sp³-hybridized carbons (Fsp3) is 0.952. The Morgan fingerprint density at radius 2 is 1.73 bits per heavy atom. The molecule has 0 radical (unpaired) electrons. The number of hydrogen-bond acceptors (Lipinski definition) is 5. The van der Waals surface area contributed by atoms with Gasteiger partial charge in [0.1, 0.15) is 6.10 Å². The third kappa shape index (κ3) is 5.67. The van der Waals surface area contributed by atoms with Crippen molar-refractivity contribution in [2.75, 3.05) is 6.61 Å². The zero-order valence-electron chi connectivity index (χ0n) is 17.4. The molecule has 5 unspecified atom stereocenters. The van der Waals surface area contributed by atoms with E-state index in [0.29, 0.717) is 18.3 Å². The monoisotopic (exact) mass is 370 g/mol. The van der Waals surface area contributed by atoms with Crippen molar-refractivity contribution in [1.82, 2.24) is 0 Å². The number of aliphatic hydroxyl groups is 1. The van der Waals surface area contributed by atoms with Crippen LogP contribution in [0.15, 0.2) is 0 Å². The smallest absolute Gasteiger partial charge is 0.306 e. The van der Waals surface area contributed by atoms with E-state index >= 15 is 0 Å². The van der Waals surface area contributed by atoms with Crippen LogP contribution in [0.1, 0.15) is 73.6 Å². The lowest BCUT2D eigenvalue weighted by Gasteiger charge is -2.50. The van der Waals surface area contributed by atoms with Crippen LogP contribution in [0.3, 0.4) is 0 Å². The lowest BCUT2D eigenvalue weighted by molar-refractivity contribution is -0.342. The summed E-state index contributed by atoms with van der Waals surface area (Å²) in [6, 6.07) is 0. The molecule has 0 aliphatic carbocycles. The number of ether oxygens (including phenoxy) is 3. The van der Waals surface area contributed by atoms with Crippen LogP contribution in [0.25, 0.3) is 0 Å². The van der Waals surface area contributed by atoms with Crippen LogP contribution in [0.4, 0.5) is 0 Å². The molecule has 2 fully saturated rings. The van der Waals surface area contributed by atoms with Crippen molar-refractivity contribution in [3.63, 3.8) is 0 Å². The molecule has 0 aromatic heterocycles. The van der Waals surface area contributed by atoms with Gasteiger partial charge in [-0.15, -0.1) is 0 Å². The molecule has 5 heteroatoms. The normalized spacial score (nSPS) is 36.5. The van der Waals surface area contributed by atoms with Crippen LogP contribution in [-0.4, -0.2) is 41.8 Å². The Balaban J connectivity index is 2.14. The predicted octanol–water partition coefficient (Wildman–Crippen LogP) is 3.92. The van der Waals surface area contributed by atoms with Crippen LogP contribution < -0.4 is 0 Å². The van der Waals surface area contributed by atoms with Crippen molar-refractivity contribution >= 4 is 5.97 Å². The molecule has 2 saturated heterocycles. The quantitative estimate of drug-likeness (QED) is 0.718. The third-order valence-electron chi connectivity index (χ3n) is 5.44. The number of rotatable bonds is 6. The summed E-state index contributed by atoms with van der Waals surface area (Å²) in [5.41, 5.74) is 0. The Morgan fingerprint density at radius 1 is 1.12 bits per heavy atom. The van der Waals surface area contributed by atoms with E-state index < -0.39 is 5.79 Å². The Labute approximate surface area is 158 Å². The van der Waals surface area contributed by atoms with E-state index in [-0.39, 0.29) is 42.7 Å². The molecule has 5 nitrogen and oxygen atoms in total. The number of carbonyl (C=O) groups is 1. The SMILES string of the molecule is CC(C)CC(=O)O[C@H](C(C)C)C1CC(C)CC2(CC(C)CC(CO)O2)O1. The molecular weight excluding hydrogens is 332 g/mol. The standard InChI is InChI=1S/C21H38O5/c1-13(2)7-19(23)24-20(14(3)4)18-9-16(6)11-21(26-18)10-15(5)8-17(12-22)25-21/h13-18,20,22H,7-12H2,1-6H3/t15?,16?,17?,18?,20-,21?/m1/s1. The second-order valence-electron chi connectivity index (χ2n) is 9.38. The topological polar surface area (TPSA) is 65.0 Å². The maximum atomic E-state index is 12.3. The number of esters is 1. The highest BCUT2D eigenvalue weighted by molar-refractivity contribution is 5.69. The highest BCUT2D eigenvalue weighted by atomic mass is 16.7. The third-order valence-corrected chi connectivity index (χ3v) is 5.44. The Kier molecular flexibility index (Phi) is 7.52. The van der Waals surface area contributed by atoms with E-state index in [4.69, 9.17) is 14.2 Å². The lowest BCUT2D eigenvalue weighted by Crippen LogP contribution is -2.55. The molecule has 1 N–H and O–H groups in total. The minimum atomic E-state index is -0.662. The summed E-state index contributed by atoms with van der Waals surface area (Å²) in [4.78, 5) is 12.3. The molecule has 26 heavy (non-hydrogen) atoms. The zero-order valence-corrected chi connectivity index (χ0v) is 17.4. The molecule has 1 spiro atoms. The summed E-state index contributed by atoms with van der Waals surface area (Å²) >= 11 is 0. The van der Waals surface area contributed by atoms with Gasteiger partial charge in [0.15, 0.2) is 5.79 Å². The molecule has 152 valence electrons. The zero-order chi connectivity index (χ0) is 19.5. The van der Waals surface area contributed by atoms with Crippen molar-refractivity contribution in [3.8, 4) is 0 Å². The highest BCUT2D eigenvalue weighted by Gasteiger charge is 2.49. The van der Waals surface area contributed by atoms with Gasteiger partial charge in [0.25, 0.3) is 0 Å². The molecule has 0 aromatic rings. The number of aliphatic hydroxyl groups excluding tert-OH is 1. The van der Waals surface area contributed by atoms with Gasteiger partial charge >= 0.3 is 5.97 Å². The molecule has 2 heterocycles.